The van der Waals surface area contributed by atoms with Gasteiger partial charge in [-0.15, -0.1) is 0 Å². The number of carbonyl (C=O) groups is 2. The Morgan fingerprint density at radius 3 is 1.80 bits per heavy atom. The first-order chi connectivity index (χ1) is 4.46. The van der Waals surface area contributed by atoms with Crippen molar-refractivity contribution < 1.29 is 30.7 Å². The van der Waals surface area contributed by atoms with E-state index in [4.69, 9.17) is 0 Å². The average Bonchev–Trinajstić information content (AvgIpc) is 1.84. The maximum atomic E-state index is 11.0. The molecule has 10 heavy (non-hydrogen) atoms. The van der Waals surface area contributed by atoms with Crippen molar-refractivity contribution in [3.05, 3.63) is 0 Å². The molecule has 0 aliphatic carbocycles. The molecule has 0 amide bonds. The summed E-state index contributed by atoms with van der Waals surface area (Å²) in [6, 6.07) is 0. The molecule has 0 fully saturated rings. The Labute approximate surface area is 73.3 Å². The van der Waals surface area contributed by atoms with E-state index in [1.165, 1.54) is 6.92 Å². The van der Waals surface area contributed by atoms with Gasteiger partial charge in [0.25, 0.3) is 0 Å². The zero-order chi connectivity index (χ0) is 8.31. The number of hydrogen-bond acceptors (Lipinski definition) is 2. The van der Waals surface area contributed by atoms with Crippen LogP contribution in [0, 0.1) is 5.92 Å². The number of rotatable bonds is 3. The van der Waals surface area contributed by atoms with Gasteiger partial charge in [-0.05, 0) is 0 Å². The van der Waals surface area contributed by atoms with Crippen molar-refractivity contribution >= 4 is 11.6 Å². The van der Waals surface area contributed by atoms with Crippen LogP contribution in [0.5, 0.6) is 0 Å². The topological polar surface area (TPSA) is 34.1 Å². The van der Waals surface area contributed by atoms with Crippen molar-refractivity contribution in [3.63, 3.8) is 0 Å². The normalized spacial score (nSPS) is 13.4. The number of carbonyl (C=O) groups excluding carboxylic acids is 2. The van der Waals surface area contributed by atoms with E-state index < -0.39 is 4.14 Å². The van der Waals surface area contributed by atoms with Crippen LogP contribution in [0.25, 0.3) is 0 Å². The second-order valence-corrected chi connectivity index (χ2v) is 3.74. The standard InChI is InChI=1S/C7H11O2.Au/c1-5(2)7(9)4-6(3)8;/h4-5H,1-3H3;. The Bertz CT molecular complexity index is 152. The molecule has 0 heterocycles. The van der Waals surface area contributed by atoms with Crippen LogP contribution in [-0.2, 0) is 30.7 Å². The maximum absolute atomic E-state index is 11.0. The molecule has 0 aromatic carbocycles. The predicted molar refractivity (Wildman–Crippen MR) is 34.3 cm³/mol. The van der Waals surface area contributed by atoms with E-state index in [0.29, 0.717) is 0 Å². The fraction of sp³-hybridized carbons (Fsp3) is 0.714. The van der Waals surface area contributed by atoms with Crippen LogP contribution < -0.4 is 0 Å². The Balaban J connectivity index is 4.08. The van der Waals surface area contributed by atoms with Gasteiger partial charge in [-0.1, -0.05) is 0 Å². The molecular formula is C7H11AuO2. The third-order valence-electron chi connectivity index (χ3n) is 1.12. The Morgan fingerprint density at radius 2 is 1.70 bits per heavy atom. The van der Waals surface area contributed by atoms with E-state index in [1.54, 1.807) is 13.8 Å². The molecule has 1 atom stereocenters. The summed E-state index contributed by atoms with van der Waals surface area (Å²) in [6.45, 7) is 5.03. The summed E-state index contributed by atoms with van der Waals surface area (Å²) in [7, 11) is 0. The Hall–Kier alpha value is 0.0803. The minimum atomic E-state index is -0.472. The van der Waals surface area contributed by atoms with E-state index in [2.05, 4.69) is 21.1 Å². The number of ketones is 2. The summed E-state index contributed by atoms with van der Waals surface area (Å²) < 4.78 is -0.472. The Morgan fingerprint density at radius 1 is 1.30 bits per heavy atom. The average molecular weight is 324 g/mol. The van der Waals surface area contributed by atoms with Gasteiger partial charge in [-0.25, -0.2) is 0 Å². The molecular weight excluding hydrogens is 313 g/mol. The summed E-state index contributed by atoms with van der Waals surface area (Å²) in [5, 5.41) is 0. The van der Waals surface area contributed by atoms with E-state index in [0.717, 1.165) is 0 Å². The fourth-order valence-corrected chi connectivity index (χ4v) is 1.19. The molecule has 0 aromatic heterocycles. The molecule has 0 spiro atoms. The van der Waals surface area contributed by atoms with Gasteiger partial charge < -0.3 is 0 Å². The molecule has 3 heteroatoms. The van der Waals surface area contributed by atoms with Crippen molar-refractivity contribution in [1.29, 1.82) is 0 Å². The zero-order valence-electron chi connectivity index (χ0n) is 6.27. The van der Waals surface area contributed by atoms with Crippen molar-refractivity contribution in [2.45, 2.75) is 24.9 Å². The summed E-state index contributed by atoms with van der Waals surface area (Å²) >= 11 is 2.06. The van der Waals surface area contributed by atoms with E-state index >= 15 is 0 Å². The molecule has 0 bridgehead atoms. The number of hydrogen-bond donors (Lipinski definition) is 0. The minimum absolute atomic E-state index is 0.0100. The molecule has 0 radical (unpaired) electrons. The van der Waals surface area contributed by atoms with Crippen LogP contribution in [0.3, 0.4) is 0 Å². The van der Waals surface area contributed by atoms with Gasteiger partial charge in [0.2, 0.25) is 0 Å². The van der Waals surface area contributed by atoms with Gasteiger partial charge in [-0.2, -0.15) is 0 Å². The van der Waals surface area contributed by atoms with Crippen LogP contribution in [-0.4, -0.2) is 11.6 Å². The third-order valence-corrected chi connectivity index (χ3v) is 2.62. The third kappa shape index (κ3) is 2.78. The van der Waals surface area contributed by atoms with Gasteiger partial charge in [0.05, 0.1) is 0 Å². The zero-order valence-corrected chi connectivity index (χ0v) is 8.44. The molecule has 0 aromatic rings. The van der Waals surface area contributed by atoms with E-state index in [1.807, 2.05) is 0 Å². The van der Waals surface area contributed by atoms with Crippen molar-refractivity contribution in [2.75, 3.05) is 0 Å². The quantitative estimate of drug-likeness (QED) is 0.576. The fourth-order valence-electron chi connectivity index (χ4n) is 0.468. The molecule has 0 aliphatic rings. The first-order valence-corrected chi connectivity index (χ1v) is 4.35. The predicted octanol–water partition coefficient (Wildman–Crippen LogP) is 1.14. The van der Waals surface area contributed by atoms with Gasteiger partial charge in [-0.3, -0.25) is 0 Å². The van der Waals surface area contributed by atoms with Crippen LogP contribution >= 0.6 is 0 Å². The molecule has 0 aliphatic heterocycles. The first kappa shape index (κ1) is 10.1. The first-order valence-electron chi connectivity index (χ1n) is 3.10. The number of Topliss-reactive ketones (excluding diaryl/α,β-unsaturated/α-hetero) is 2. The monoisotopic (exact) mass is 324 g/mol. The molecule has 0 N–H and O–H groups in total. The van der Waals surface area contributed by atoms with Crippen LogP contribution in [0.4, 0.5) is 0 Å². The van der Waals surface area contributed by atoms with Gasteiger partial charge in [0.15, 0.2) is 0 Å². The molecule has 2 nitrogen and oxygen atoms in total. The van der Waals surface area contributed by atoms with Crippen molar-refractivity contribution in [2.24, 2.45) is 5.92 Å². The summed E-state index contributed by atoms with van der Waals surface area (Å²) in [6.07, 6.45) is 0. The molecule has 0 saturated heterocycles. The Kier molecular flexibility index (Phi) is 4.10. The van der Waals surface area contributed by atoms with Crippen LogP contribution in [0.15, 0.2) is 0 Å². The summed E-state index contributed by atoms with van der Waals surface area (Å²) in [4.78, 5) is 21.7. The molecule has 0 saturated carbocycles. The van der Waals surface area contributed by atoms with Crippen LogP contribution in [0.2, 0.25) is 4.14 Å². The van der Waals surface area contributed by atoms with E-state index in [9.17, 15) is 9.59 Å². The molecule has 62 valence electrons. The second kappa shape index (κ2) is 4.06. The SMILES string of the molecule is CC(=O)[CH]([Au])C(=O)C(C)C. The van der Waals surface area contributed by atoms with Crippen molar-refractivity contribution in [3.8, 4) is 0 Å². The second-order valence-electron chi connectivity index (χ2n) is 2.49. The molecule has 0 rings (SSSR count). The summed E-state index contributed by atoms with van der Waals surface area (Å²) in [5.41, 5.74) is 0. The molecule has 1 unspecified atom stereocenters. The van der Waals surface area contributed by atoms with E-state index in [-0.39, 0.29) is 17.5 Å². The van der Waals surface area contributed by atoms with Gasteiger partial charge in [0.1, 0.15) is 0 Å². The van der Waals surface area contributed by atoms with Crippen molar-refractivity contribution in [1.82, 2.24) is 0 Å². The van der Waals surface area contributed by atoms with Gasteiger partial charge >= 0.3 is 73.0 Å². The van der Waals surface area contributed by atoms with Gasteiger partial charge in [0, 0.05) is 0 Å². The summed E-state index contributed by atoms with van der Waals surface area (Å²) in [5.74, 6) is -0.100. The van der Waals surface area contributed by atoms with Crippen LogP contribution in [0.1, 0.15) is 20.8 Å².